The first-order valence-corrected chi connectivity index (χ1v) is 11.3. The first-order valence-electron chi connectivity index (χ1n) is 9.85. The summed E-state index contributed by atoms with van der Waals surface area (Å²) in [5, 5.41) is 0. The van der Waals surface area contributed by atoms with E-state index >= 15 is 0 Å². The zero-order chi connectivity index (χ0) is 19.0. The Hall–Kier alpha value is -1.60. The maximum absolute atomic E-state index is 12.9. The molecule has 6 nitrogen and oxygen atoms in total. The van der Waals surface area contributed by atoms with Crippen molar-refractivity contribution < 1.29 is 17.9 Å². The van der Waals surface area contributed by atoms with E-state index in [2.05, 4.69) is 9.71 Å². The summed E-state index contributed by atoms with van der Waals surface area (Å²) in [6.07, 6.45) is 6.64. The Labute approximate surface area is 161 Å². The molecule has 3 aliphatic rings. The van der Waals surface area contributed by atoms with E-state index < -0.39 is 20.4 Å². The van der Waals surface area contributed by atoms with Gasteiger partial charge in [0, 0.05) is 0 Å². The fourth-order valence-electron chi connectivity index (χ4n) is 4.26. The maximum atomic E-state index is 12.9. The Morgan fingerprint density at radius 3 is 2.56 bits per heavy atom. The van der Waals surface area contributed by atoms with Gasteiger partial charge < -0.3 is 9.47 Å². The Morgan fingerprint density at radius 1 is 1.19 bits per heavy atom. The van der Waals surface area contributed by atoms with Crippen molar-refractivity contribution in [3.8, 4) is 0 Å². The quantitative estimate of drug-likeness (QED) is 0.835. The summed E-state index contributed by atoms with van der Waals surface area (Å²) >= 11 is 0. The van der Waals surface area contributed by atoms with Gasteiger partial charge in [0.25, 0.3) is 6.02 Å². The van der Waals surface area contributed by atoms with Crippen LogP contribution in [0.2, 0.25) is 0 Å². The van der Waals surface area contributed by atoms with Crippen LogP contribution in [0.15, 0.2) is 35.3 Å². The van der Waals surface area contributed by atoms with Crippen LogP contribution in [0.4, 0.5) is 0 Å². The second kappa shape index (κ2) is 7.09. The molecule has 1 unspecified atom stereocenters. The molecule has 0 amide bonds. The number of hydrogen-bond donors (Lipinski definition) is 1. The number of sulfonamides is 1. The number of benzene rings is 1. The van der Waals surface area contributed by atoms with Crippen molar-refractivity contribution in [2.24, 2.45) is 4.99 Å². The molecule has 0 bridgehead atoms. The van der Waals surface area contributed by atoms with Gasteiger partial charge in [-0.25, -0.2) is 18.1 Å². The number of ether oxygens (including phenoxy) is 2. The van der Waals surface area contributed by atoms with Gasteiger partial charge >= 0.3 is 0 Å². The smallest absolute Gasteiger partial charge is 0.299 e. The fraction of sp³-hybridized carbons (Fsp3) is 0.650. The third-order valence-electron chi connectivity index (χ3n) is 6.09. The van der Waals surface area contributed by atoms with Gasteiger partial charge in [-0.2, -0.15) is 0 Å². The Morgan fingerprint density at radius 2 is 1.89 bits per heavy atom. The molecule has 1 saturated heterocycles. The van der Waals surface area contributed by atoms with E-state index in [1.807, 2.05) is 37.3 Å². The van der Waals surface area contributed by atoms with Crippen LogP contribution in [0, 0.1) is 0 Å². The average Bonchev–Trinajstić information content (AvgIpc) is 3.45. The molecule has 1 spiro atoms. The van der Waals surface area contributed by atoms with E-state index in [-0.39, 0.29) is 18.7 Å². The Bertz CT molecular complexity index is 799. The lowest BCUT2D eigenvalue weighted by atomic mass is 9.96. The van der Waals surface area contributed by atoms with Gasteiger partial charge in [-0.05, 0) is 38.2 Å². The van der Waals surface area contributed by atoms with Crippen LogP contribution in [0.5, 0.6) is 0 Å². The molecule has 2 aliphatic carbocycles. The van der Waals surface area contributed by atoms with Gasteiger partial charge in [0.05, 0.1) is 19.3 Å². The molecular weight excluding hydrogens is 364 g/mol. The molecule has 1 atom stereocenters. The highest BCUT2D eigenvalue weighted by atomic mass is 32.2. The zero-order valence-corrected chi connectivity index (χ0v) is 16.6. The SMILES string of the molecule is CC1(COCc2ccccc2)OC(=NC2CCCCC2)NS(=O)(=O)C12CC2. The predicted octanol–water partition coefficient (Wildman–Crippen LogP) is 3.13. The van der Waals surface area contributed by atoms with Crippen LogP contribution >= 0.6 is 0 Å². The van der Waals surface area contributed by atoms with Crippen molar-refractivity contribution in [2.75, 3.05) is 6.61 Å². The van der Waals surface area contributed by atoms with Crippen LogP contribution in [0.3, 0.4) is 0 Å². The van der Waals surface area contributed by atoms with E-state index in [9.17, 15) is 8.42 Å². The standard InChI is InChI=1S/C20H28N2O4S/c1-19(15-25-14-16-8-4-2-5-9-16)20(12-13-20)27(23,24)22-18(26-19)21-17-10-6-3-7-11-17/h2,4-5,8-9,17H,3,6-7,10-15H2,1H3,(H,21,22). The molecule has 7 heteroatoms. The van der Waals surface area contributed by atoms with Crippen molar-refractivity contribution in [3.63, 3.8) is 0 Å². The lowest BCUT2D eigenvalue weighted by Gasteiger charge is -2.42. The van der Waals surface area contributed by atoms with Gasteiger partial charge in [-0.1, -0.05) is 49.6 Å². The number of nitrogens with zero attached hydrogens (tertiary/aromatic N) is 1. The van der Waals surface area contributed by atoms with E-state index in [0.717, 1.165) is 31.2 Å². The third-order valence-corrected chi connectivity index (χ3v) is 8.40. The summed E-state index contributed by atoms with van der Waals surface area (Å²) in [5.74, 6) is 0. The minimum absolute atomic E-state index is 0.138. The minimum atomic E-state index is -3.54. The van der Waals surface area contributed by atoms with Crippen molar-refractivity contribution in [2.45, 2.75) is 74.9 Å². The highest BCUT2D eigenvalue weighted by Gasteiger charge is 2.70. The summed E-state index contributed by atoms with van der Waals surface area (Å²) in [4.78, 5) is 4.59. The van der Waals surface area contributed by atoms with E-state index in [1.54, 1.807) is 0 Å². The second-order valence-electron chi connectivity index (χ2n) is 8.14. The molecule has 148 valence electrons. The first-order chi connectivity index (χ1) is 12.9. The molecule has 0 aromatic heterocycles. The van der Waals surface area contributed by atoms with Crippen molar-refractivity contribution in [1.82, 2.24) is 4.72 Å². The molecule has 0 radical (unpaired) electrons. The number of rotatable bonds is 5. The molecule has 1 heterocycles. The highest BCUT2D eigenvalue weighted by Crippen LogP contribution is 2.54. The lowest BCUT2D eigenvalue weighted by Crippen LogP contribution is -2.63. The summed E-state index contributed by atoms with van der Waals surface area (Å²) in [5.41, 5.74) is 0.123. The first kappa shape index (κ1) is 18.7. The Balaban J connectivity index is 1.50. The molecular formula is C20H28N2O4S. The summed E-state index contributed by atoms with van der Waals surface area (Å²) in [7, 11) is -3.54. The monoisotopic (exact) mass is 392 g/mol. The molecule has 1 aromatic carbocycles. The van der Waals surface area contributed by atoms with Crippen LogP contribution in [0.1, 0.15) is 57.4 Å². The minimum Gasteiger partial charge on any atom is -0.454 e. The zero-order valence-electron chi connectivity index (χ0n) is 15.8. The fourth-order valence-corrected chi connectivity index (χ4v) is 6.09. The molecule has 2 saturated carbocycles. The second-order valence-corrected chi connectivity index (χ2v) is 10.1. The molecule has 1 aliphatic heterocycles. The van der Waals surface area contributed by atoms with Gasteiger partial charge in [0.15, 0.2) is 5.60 Å². The Kier molecular flexibility index (Phi) is 4.93. The van der Waals surface area contributed by atoms with Gasteiger partial charge in [-0.3, -0.25) is 0 Å². The van der Waals surface area contributed by atoms with Crippen molar-refractivity contribution in [1.29, 1.82) is 0 Å². The molecule has 27 heavy (non-hydrogen) atoms. The number of hydrogen-bond acceptors (Lipinski definition) is 5. The topological polar surface area (TPSA) is 77.0 Å². The van der Waals surface area contributed by atoms with E-state index in [0.29, 0.717) is 19.4 Å². The van der Waals surface area contributed by atoms with Crippen LogP contribution < -0.4 is 4.72 Å². The predicted molar refractivity (Wildman–Crippen MR) is 104 cm³/mol. The number of aliphatic imine (C=N–C) groups is 1. The number of amidine groups is 1. The van der Waals surface area contributed by atoms with Gasteiger partial charge in [0.2, 0.25) is 10.0 Å². The van der Waals surface area contributed by atoms with Crippen molar-refractivity contribution in [3.05, 3.63) is 35.9 Å². The third kappa shape index (κ3) is 3.59. The maximum Gasteiger partial charge on any atom is 0.299 e. The van der Waals surface area contributed by atoms with Crippen LogP contribution in [0.25, 0.3) is 0 Å². The van der Waals surface area contributed by atoms with Gasteiger partial charge in [-0.15, -0.1) is 0 Å². The van der Waals surface area contributed by atoms with Crippen molar-refractivity contribution >= 4 is 16.0 Å². The summed E-state index contributed by atoms with van der Waals surface area (Å²) < 4.78 is 39.6. The molecule has 3 fully saturated rings. The molecule has 1 N–H and O–H groups in total. The van der Waals surface area contributed by atoms with Crippen LogP contribution in [-0.2, 0) is 26.1 Å². The number of nitrogens with one attached hydrogen (secondary N) is 1. The molecule has 1 aromatic rings. The van der Waals surface area contributed by atoms with Crippen LogP contribution in [-0.4, -0.2) is 37.4 Å². The van der Waals surface area contributed by atoms with E-state index in [1.165, 1.54) is 6.42 Å². The lowest BCUT2D eigenvalue weighted by molar-refractivity contribution is -0.0433. The largest absolute Gasteiger partial charge is 0.454 e. The van der Waals surface area contributed by atoms with Gasteiger partial charge in [0.1, 0.15) is 4.75 Å². The summed E-state index contributed by atoms with van der Waals surface area (Å²) in [6.45, 7) is 2.49. The average molecular weight is 393 g/mol. The molecule has 4 rings (SSSR count). The van der Waals surface area contributed by atoms with E-state index in [4.69, 9.17) is 9.47 Å². The summed E-state index contributed by atoms with van der Waals surface area (Å²) in [6, 6.07) is 10.1. The normalized spacial score (nSPS) is 30.6. The highest BCUT2D eigenvalue weighted by molar-refractivity contribution is 7.92.